The van der Waals surface area contributed by atoms with Crippen LogP contribution in [0.2, 0.25) is 0 Å². The Morgan fingerprint density at radius 1 is 1.42 bits per heavy atom. The zero-order valence-electron chi connectivity index (χ0n) is 10.7. The Balaban J connectivity index is 2.02. The first kappa shape index (κ1) is 12.8. The fourth-order valence-corrected chi connectivity index (χ4v) is 1.53. The number of methoxy groups -OCH3 is 1. The highest BCUT2D eigenvalue weighted by Gasteiger charge is 2.06. The van der Waals surface area contributed by atoms with Gasteiger partial charge in [0.15, 0.2) is 5.69 Å². The summed E-state index contributed by atoms with van der Waals surface area (Å²) in [7, 11) is 3.33. The Hall–Kier alpha value is -2.63. The number of nitrogens with one attached hydrogen (secondary N) is 1. The highest BCUT2D eigenvalue weighted by atomic mass is 16.5. The minimum atomic E-state index is -0.355. The third-order valence-electron chi connectivity index (χ3n) is 2.45. The van der Waals surface area contributed by atoms with Crippen molar-refractivity contribution >= 4 is 12.1 Å². The van der Waals surface area contributed by atoms with Crippen molar-refractivity contribution in [1.29, 1.82) is 0 Å². The van der Waals surface area contributed by atoms with Gasteiger partial charge in [0.1, 0.15) is 5.75 Å². The standard InChI is InChI=1S/C13H14N4O2/c1-17-8-7-11(16-17)13(18)15-14-9-10-5-3-4-6-12(10)19-2/h3-9H,1-2H3,(H,15,18)/b14-9-. The minimum Gasteiger partial charge on any atom is -0.496 e. The van der Waals surface area contributed by atoms with Gasteiger partial charge in [-0.15, -0.1) is 0 Å². The smallest absolute Gasteiger partial charge is 0.291 e. The second-order valence-electron chi connectivity index (χ2n) is 3.82. The molecule has 0 spiro atoms. The number of carbonyl (C=O) groups is 1. The maximum Gasteiger partial charge on any atom is 0.291 e. The van der Waals surface area contributed by atoms with Crippen LogP contribution in [0.25, 0.3) is 0 Å². The van der Waals surface area contributed by atoms with Gasteiger partial charge in [0.05, 0.1) is 13.3 Å². The fourth-order valence-electron chi connectivity index (χ4n) is 1.53. The quantitative estimate of drug-likeness (QED) is 0.661. The molecule has 0 aliphatic heterocycles. The molecule has 0 aliphatic rings. The van der Waals surface area contributed by atoms with Crippen LogP contribution >= 0.6 is 0 Å². The number of ether oxygens (including phenoxy) is 1. The van der Waals surface area contributed by atoms with E-state index in [0.29, 0.717) is 11.4 Å². The first-order valence-electron chi connectivity index (χ1n) is 5.67. The summed E-state index contributed by atoms with van der Waals surface area (Å²) < 4.78 is 6.73. The van der Waals surface area contributed by atoms with Crippen LogP contribution in [0.15, 0.2) is 41.6 Å². The van der Waals surface area contributed by atoms with E-state index in [1.54, 1.807) is 31.1 Å². The van der Waals surface area contributed by atoms with Crippen molar-refractivity contribution in [2.75, 3.05) is 7.11 Å². The van der Waals surface area contributed by atoms with Gasteiger partial charge in [0.2, 0.25) is 0 Å². The van der Waals surface area contributed by atoms with Gasteiger partial charge in [-0.3, -0.25) is 9.48 Å². The van der Waals surface area contributed by atoms with E-state index in [-0.39, 0.29) is 5.91 Å². The van der Waals surface area contributed by atoms with E-state index in [1.807, 2.05) is 24.3 Å². The number of hydrazone groups is 1. The number of benzene rings is 1. The summed E-state index contributed by atoms with van der Waals surface area (Å²) in [6, 6.07) is 9.01. The lowest BCUT2D eigenvalue weighted by atomic mass is 10.2. The van der Waals surface area contributed by atoms with E-state index < -0.39 is 0 Å². The maximum absolute atomic E-state index is 11.7. The van der Waals surface area contributed by atoms with Crippen LogP contribution < -0.4 is 10.2 Å². The Morgan fingerprint density at radius 3 is 2.89 bits per heavy atom. The van der Waals surface area contributed by atoms with Gasteiger partial charge in [0, 0.05) is 18.8 Å². The molecule has 2 rings (SSSR count). The van der Waals surface area contributed by atoms with Gasteiger partial charge >= 0.3 is 0 Å². The van der Waals surface area contributed by atoms with Crippen molar-refractivity contribution in [2.24, 2.45) is 12.1 Å². The Bertz CT molecular complexity index is 604. The van der Waals surface area contributed by atoms with Gasteiger partial charge in [-0.2, -0.15) is 10.2 Å². The number of para-hydroxylation sites is 1. The molecule has 98 valence electrons. The number of nitrogens with zero attached hydrogens (tertiary/aromatic N) is 3. The Labute approximate surface area is 110 Å². The summed E-state index contributed by atoms with van der Waals surface area (Å²) in [5.41, 5.74) is 3.51. The van der Waals surface area contributed by atoms with Crippen LogP contribution in [0, 0.1) is 0 Å². The number of rotatable bonds is 4. The first-order valence-corrected chi connectivity index (χ1v) is 5.67. The average molecular weight is 258 g/mol. The predicted molar refractivity (Wildman–Crippen MR) is 71.3 cm³/mol. The molecular weight excluding hydrogens is 244 g/mol. The highest BCUT2D eigenvalue weighted by molar-refractivity contribution is 5.93. The number of hydrogen-bond donors (Lipinski definition) is 1. The van der Waals surface area contributed by atoms with Crippen molar-refractivity contribution in [3.8, 4) is 5.75 Å². The zero-order valence-corrected chi connectivity index (χ0v) is 10.7. The van der Waals surface area contributed by atoms with E-state index in [1.165, 1.54) is 6.21 Å². The van der Waals surface area contributed by atoms with Crippen LogP contribution in [0.4, 0.5) is 0 Å². The summed E-state index contributed by atoms with van der Waals surface area (Å²) >= 11 is 0. The molecule has 0 fully saturated rings. The van der Waals surface area contributed by atoms with E-state index in [2.05, 4.69) is 15.6 Å². The second-order valence-corrected chi connectivity index (χ2v) is 3.82. The van der Waals surface area contributed by atoms with Crippen molar-refractivity contribution in [2.45, 2.75) is 0 Å². The summed E-state index contributed by atoms with van der Waals surface area (Å²) in [5, 5.41) is 7.86. The van der Waals surface area contributed by atoms with Gasteiger partial charge < -0.3 is 4.74 Å². The number of carbonyl (C=O) groups excluding carboxylic acids is 1. The number of amides is 1. The molecule has 19 heavy (non-hydrogen) atoms. The van der Waals surface area contributed by atoms with E-state index in [4.69, 9.17) is 4.74 Å². The molecular formula is C13H14N4O2. The lowest BCUT2D eigenvalue weighted by Crippen LogP contribution is -2.18. The average Bonchev–Trinajstić information content (AvgIpc) is 2.86. The van der Waals surface area contributed by atoms with Crippen molar-refractivity contribution < 1.29 is 9.53 Å². The van der Waals surface area contributed by atoms with E-state index in [9.17, 15) is 4.79 Å². The normalized spacial score (nSPS) is 10.6. The summed E-state index contributed by atoms with van der Waals surface area (Å²) in [4.78, 5) is 11.7. The molecule has 0 radical (unpaired) electrons. The second kappa shape index (κ2) is 5.81. The molecule has 0 atom stereocenters. The van der Waals surface area contributed by atoms with Gasteiger partial charge in [-0.25, -0.2) is 5.43 Å². The monoisotopic (exact) mass is 258 g/mol. The number of aromatic nitrogens is 2. The summed E-state index contributed by atoms with van der Waals surface area (Å²) in [5.74, 6) is 0.338. The molecule has 1 amide bonds. The topological polar surface area (TPSA) is 68.5 Å². The molecule has 6 nitrogen and oxygen atoms in total. The molecule has 1 aromatic heterocycles. The fraction of sp³-hybridized carbons (Fsp3) is 0.154. The summed E-state index contributed by atoms with van der Waals surface area (Å²) in [6.45, 7) is 0. The third kappa shape index (κ3) is 3.19. The molecule has 6 heteroatoms. The molecule has 1 aromatic carbocycles. The number of aryl methyl sites for hydroxylation is 1. The Morgan fingerprint density at radius 2 is 2.21 bits per heavy atom. The van der Waals surface area contributed by atoms with E-state index >= 15 is 0 Å². The lowest BCUT2D eigenvalue weighted by molar-refractivity contribution is 0.0949. The minimum absolute atomic E-state index is 0.319. The molecule has 1 N–H and O–H groups in total. The number of hydrogen-bond acceptors (Lipinski definition) is 4. The van der Waals surface area contributed by atoms with Crippen LogP contribution in [0.1, 0.15) is 16.1 Å². The maximum atomic E-state index is 11.7. The van der Waals surface area contributed by atoms with Crippen LogP contribution in [-0.4, -0.2) is 29.0 Å². The van der Waals surface area contributed by atoms with Crippen LogP contribution in [-0.2, 0) is 7.05 Å². The molecule has 0 aliphatic carbocycles. The Kier molecular flexibility index (Phi) is 3.92. The van der Waals surface area contributed by atoms with Crippen molar-refractivity contribution in [1.82, 2.24) is 15.2 Å². The molecule has 2 aromatic rings. The highest BCUT2D eigenvalue weighted by Crippen LogP contribution is 2.14. The van der Waals surface area contributed by atoms with Gasteiger partial charge in [-0.1, -0.05) is 12.1 Å². The summed E-state index contributed by atoms with van der Waals surface area (Å²) in [6.07, 6.45) is 3.22. The molecule has 0 saturated carbocycles. The zero-order chi connectivity index (χ0) is 13.7. The lowest BCUT2D eigenvalue weighted by Gasteiger charge is -2.02. The largest absolute Gasteiger partial charge is 0.496 e. The van der Waals surface area contributed by atoms with Gasteiger partial charge in [0.25, 0.3) is 5.91 Å². The molecule has 0 bridgehead atoms. The predicted octanol–water partition coefficient (Wildman–Crippen LogP) is 1.19. The molecule has 0 unspecified atom stereocenters. The van der Waals surface area contributed by atoms with Crippen molar-refractivity contribution in [3.05, 3.63) is 47.8 Å². The van der Waals surface area contributed by atoms with Crippen LogP contribution in [0.3, 0.4) is 0 Å². The van der Waals surface area contributed by atoms with Gasteiger partial charge in [-0.05, 0) is 18.2 Å². The van der Waals surface area contributed by atoms with Crippen LogP contribution in [0.5, 0.6) is 5.75 Å². The van der Waals surface area contributed by atoms with Crippen molar-refractivity contribution in [3.63, 3.8) is 0 Å². The van der Waals surface area contributed by atoms with E-state index in [0.717, 1.165) is 5.56 Å². The SMILES string of the molecule is COc1ccccc1/C=N\NC(=O)c1ccn(C)n1. The third-order valence-corrected chi connectivity index (χ3v) is 2.45. The molecule has 0 saturated heterocycles. The first-order chi connectivity index (χ1) is 9.20. The molecule has 1 heterocycles.